The Bertz CT molecular complexity index is 2730. The minimum Gasteiger partial charge on any atom is -0.502 e. The monoisotopic (exact) mass is 1720 g/mol. The smallest absolute Gasteiger partial charge is 0.194 e. The highest BCUT2D eigenvalue weighted by molar-refractivity contribution is 9.09. The topological polar surface area (TPSA) is 232 Å². The van der Waals surface area contributed by atoms with Gasteiger partial charge < -0.3 is 76.9 Å². The first-order valence-corrected chi connectivity index (χ1v) is 44.5. The van der Waals surface area contributed by atoms with E-state index in [1.807, 2.05) is 45.9 Å². The van der Waals surface area contributed by atoms with E-state index in [0.29, 0.717) is 113 Å². The second-order valence-corrected chi connectivity index (χ2v) is 31.1. The molecule has 0 amide bonds. The Morgan fingerprint density at radius 2 is 0.726 bits per heavy atom. The van der Waals surface area contributed by atoms with E-state index in [0.717, 1.165) is 127 Å². The van der Waals surface area contributed by atoms with Crippen LogP contribution in [0.5, 0.6) is 17.2 Å². The van der Waals surface area contributed by atoms with Crippen LogP contribution >= 0.6 is 31.9 Å². The summed E-state index contributed by atoms with van der Waals surface area (Å²) in [6.07, 6.45) is 46.6. The van der Waals surface area contributed by atoms with Crippen molar-refractivity contribution in [3.05, 3.63) is 140 Å². The SMILES string of the molecule is BrCCCCCCCCOC1CCCCO1.C1=COCCC1.C=CCOCCOc1ccc(C(=O)C(C)(C)O)cc1.C=CCOCCOc1ccc(C(=O)C(C)(C)OCCCCCCCCO)cc1.C=CCOCCOc1ccc(C(=O)C(C)(C)OCCCCCCCCOC2CCCCO2)cc1.OCCCCCCCCBr. The first kappa shape index (κ1) is 106. The van der Waals surface area contributed by atoms with E-state index in [1.165, 1.54) is 136 Å². The molecule has 0 saturated carbocycles. The number of carbonyl (C=O) groups excluding carboxylic acids is 3. The first-order valence-electron chi connectivity index (χ1n) is 42.3. The van der Waals surface area contributed by atoms with Gasteiger partial charge in [0.15, 0.2) is 29.9 Å². The van der Waals surface area contributed by atoms with Crippen LogP contribution in [0.1, 0.15) is 278 Å². The van der Waals surface area contributed by atoms with Crippen molar-refractivity contribution in [1.29, 1.82) is 0 Å². The van der Waals surface area contributed by atoms with Gasteiger partial charge in [0.05, 0.1) is 52.5 Å². The van der Waals surface area contributed by atoms with E-state index >= 15 is 0 Å². The minimum atomic E-state index is -1.36. The molecule has 2 unspecified atom stereocenters. The second kappa shape index (κ2) is 73.7. The van der Waals surface area contributed by atoms with Gasteiger partial charge in [0.1, 0.15) is 53.9 Å². The van der Waals surface area contributed by atoms with Gasteiger partial charge in [-0.1, -0.05) is 153 Å². The standard InChI is InChI=1S/C28H44O6.C23H36O5.C15H20O4.C13H25BrO2.C8H17BrO.C5H8O/c1-4-18-30-22-23-31-25-16-14-24(15-17-25)27(29)28(2,3)34-21-11-8-6-5-7-10-19-32-26-13-9-12-20-33-26;1-4-16-26-18-19-27-21-13-11-20(12-14-21)22(25)23(2,3)28-17-10-8-6-5-7-9-15-24;1-4-9-18-10-11-19-13-7-5-12(6-8-13)14(16)15(2,3)17;14-10-6-3-1-2-4-7-11-15-13-9-5-8-12-16-13;9-7-5-3-1-2-4-6-8-10;1-2-4-6-5-3-1/h4,14-17,26H,1,5-13,18-23H2,2-3H3;4,11-14,24H,1,5-10,15-19H2,2-3H3;4-8,17H,1,9-11H2,2-3H3;13H,1-12H2;10H,1-8H2;2,4H,1,3,5H2. The van der Waals surface area contributed by atoms with Crippen molar-refractivity contribution >= 4 is 49.2 Å². The molecule has 0 spiro atoms. The second-order valence-electron chi connectivity index (χ2n) is 29.5. The maximum atomic E-state index is 12.9. The number of aliphatic hydroxyl groups excluding tert-OH is 2. The summed E-state index contributed by atoms with van der Waals surface area (Å²) in [6, 6.07) is 21.0. The number of hydrogen-bond acceptors (Lipinski definition) is 19. The third-order valence-electron chi connectivity index (χ3n) is 18.0. The van der Waals surface area contributed by atoms with Gasteiger partial charge in [0, 0.05) is 80.2 Å². The van der Waals surface area contributed by atoms with Gasteiger partial charge in [-0.05, 0) is 223 Å². The molecule has 3 aromatic carbocycles. The summed E-state index contributed by atoms with van der Waals surface area (Å²) in [5.41, 5.74) is -1.36. The molecular formula is C92H150Br2O19. The van der Waals surface area contributed by atoms with Crippen LogP contribution in [0.3, 0.4) is 0 Å². The van der Waals surface area contributed by atoms with Gasteiger partial charge in [0.25, 0.3) is 0 Å². The van der Waals surface area contributed by atoms with Crippen molar-refractivity contribution in [2.75, 3.05) is 130 Å². The quantitative estimate of drug-likeness (QED) is 0.0206. The largest absolute Gasteiger partial charge is 0.502 e. The van der Waals surface area contributed by atoms with Crippen LogP contribution in [0.2, 0.25) is 0 Å². The number of ether oxygens (including phenoxy) is 13. The van der Waals surface area contributed by atoms with Crippen molar-refractivity contribution in [2.45, 2.75) is 276 Å². The number of carbonyl (C=O) groups is 3. The highest BCUT2D eigenvalue weighted by atomic mass is 79.9. The lowest BCUT2D eigenvalue weighted by Gasteiger charge is -2.24. The van der Waals surface area contributed by atoms with Crippen LogP contribution in [0.4, 0.5) is 0 Å². The number of unbranched alkanes of at least 4 members (excludes halogenated alkanes) is 20. The number of benzene rings is 3. The van der Waals surface area contributed by atoms with Crippen molar-refractivity contribution in [2.24, 2.45) is 0 Å². The summed E-state index contributed by atoms with van der Waals surface area (Å²) in [4.78, 5) is 37.4. The van der Waals surface area contributed by atoms with Crippen LogP contribution in [-0.2, 0) is 47.4 Å². The molecule has 2 saturated heterocycles. The fraction of sp³-hybridized carbons (Fsp3) is 0.685. The molecule has 2 fully saturated rings. The third kappa shape index (κ3) is 60.5. The summed E-state index contributed by atoms with van der Waals surface area (Å²) in [7, 11) is 0. The summed E-state index contributed by atoms with van der Waals surface area (Å²) >= 11 is 6.85. The van der Waals surface area contributed by atoms with Crippen molar-refractivity contribution in [3.63, 3.8) is 0 Å². The van der Waals surface area contributed by atoms with Gasteiger partial charge in [-0.15, -0.1) is 19.7 Å². The van der Waals surface area contributed by atoms with E-state index in [9.17, 15) is 19.5 Å². The van der Waals surface area contributed by atoms with Crippen molar-refractivity contribution in [1.82, 2.24) is 0 Å². The van der Waals surface area contributed by atoms with Gasteiger partial charge in [-0.25, -0.2) is 0 Å². The highest BCUT2D eigenvalue weighted by Crippen LogP contribution is 2.25. The van der Waals surface area contributed by atoms with Crippen LogP contribution in [0, 0.1) is 0 Å². The predicted octanol–water partition coefficient (Wildman–Crippen LogP) is 21.2. The molecule has 0 radical (unpaired) electrons. The maximum Gasteiger partial charge on any atom is 0.194 e. The average Bonchev–Trinajstić information content (AvgIpc) is 0.819. The molecular weight excluding hydrogens is 1570 g/mol. The molecule has 0 aromatic heterocycles. The van der Waals surface area contributed by atoms with Crippen LogP contribution in [-0.4, -0.2) is 192 Å². The minimum absolute atomic E-state index is 0.0182. The molecule has 0 aliphatic carbocycles. The van der Waals surface area contributed by atoms with E-state index in [4.69, 9.17) is 71.8 Å². The summed E-state index contributed by atoms with van der Waals surface area (Å²) in [5, 5.41) is 29.1. The molecule has 2 atom stereocenters. The number of alkyl halides is 2. The lowest BCUT2D eigenvalue weighted by Crippen LogP contribution is -2.35. The normalized spacial score (nSPS) is 14.6. The number of halogens is 2. The maximum absolute atomic E-state index is 12.9. The Kier molecular flexibility index (Phi) is 69.3. The molecule has 19 nitrogen and oxygen atoms in total. The Morgan fingerprint density at radius 1 is 0.407 bits per heavy atom. The summed E-state index contributed by atoms with van der Waals surface area (Å²) in [5.74, 6) is 1.72. The zero-order valence-corrected chi connectivity index (χ0v) is 73.7. The molecule has 21 heteroatoms. The van der Waals surface area contributed by atoms with E-state index < -0.39 is 16.8 Å². The Balaban J connectivity index is 0.000000725. The summed E-state index contributed by atoms with van der Waals surface area (Å²) < 4.78 is 71.6. The van der Waals surface area contributed by atoms with E-state index in [-0.39, 0.29) is 36.5 Å². The van der Waals surface area contributed by atoms with Gasteiger partial charge in [-0.3, -0.25) is 14.4 Å². The molecule has 113 heavy (non-hydrogen) atoms. The van der Waals surface area contributed by atoms with Gasteiger partial charge >= 0.3 is 0 Å². The Hall–Kier alpha value is -4.69. The predicted molar refractivity (Wildman–Crippen MR) is 464 cm³/mol. The van der Waals surface area contributed by atoms with Gasteiger partial charge in [-0.2, -0.15) is 0 Å². The fourth-order valence-corrected chi connectivity index (χ4v) is 12.1. The van der Waals surface area contributed by atoms with Crippen LogP contribution in [0.15, 0.2) is 123 Å². The number of aliphatic hydroxyl groups is 3. The zero-order chi connectivity index (χ0) is 82.8. The first-order chi connectivity index (χ1) is 54.8. The lowest BCUT2D eigenvalue weighted by molar-refractivity contribution is -0.163. The molecule has 3 aromatic rings. The number of rotatable bonds is 60. The molecule has 3 N–H and O–H groups in total. The molecule has 3 aliphatic heterocycles. The molecule has 3 aliphatic rings. The Labute approximate surface area is 699 Å². The third-order valence-corrected chi connectivity index (χ3v) is 19.1. The zero-order valence-electron chi connectivity index (χ0n) is 70.5. The Morgan fingerprint density at radius 3 is 0.991 bits per heavy atom. The number of hydrogen-bond donors (Lipinski definition) is 3. The molecule has 3 heterocycles. The van der Waals surface area contributed by atoms with Crippen LogP contribution in [0.25, 0.3) is 0 Å². The molecule has 6 rings (SSSR count). The lowest BCUT2D eigenvalue weighted by atomic mass is 9.96. The van der Waals surface area contributed by atoms with Crippen molar-refractivity contribution in [3.8, 4) is 17.2 Å². The van der Waals surface area contributed by atoms with Crippen LogP contribution < -0.4 is 14.2 Å². The highest BCUT2D eigenvalue weighted by Gasteiger charge is 2.31. The molecule has 646 valence electrons. The summed E-state index contributed by atoms with van der Waals surface area (Å²) in [6.45, 7) is 31.4. The number of ketones is 3. The molecule has 0 bridgehead atoms. The van der Waals surface area contributed by atoms with E-state index in [1.54, 1.807) is 85.2 Å². The fourth-order valence-electron chi connectivity index (χ4n) is 11.3. The number of allylic oxidation sites excluding steroid dienone is 1. The van der Waals surface area contributed by atoms with Gasteiger partial charge in [0.2, 0.25) is 0 Å². The average molecular weight is 1720 g/mol. The number of Topliss-reactive ketones (excluding diaryl/α,β-unsaturated/α-hetero) is 3. The van der Waals surface area contributed by atoms with E-state index in [2.05, 4.69) is 51.6 Å². The van der Waals surface area contributed by atoms with Crippen molar-refractivity contribution < 1.29 is 91.3 Å².